The van der Waals surface area contributed by atoms with Crippen molar-refractivity contribution in [2.75, 3.05) is 13.1 Å². The molecule has 0 atom stereocenters. The molecule has 1 aromatic rings. The van der Waals surface area contributed by atoms with E-state index in [1.807, 2.05) is 32.1 Å². The largest absolute Gasteiger partial charge is 0.351 e. The van der Waals surface area contributed by atoms with Crippen LogP contribution in [-0.2, 0) is 11.3 Å². The Bertz CT molecular complexity index is 381. The van der Waals surface area contributed by atoms with Gasteiger partial charge in [-0.2, -0.15) is 5.10 Å². The van der Waals surface area contributed by atoms with Crippen LogP contribution < -0.4 is 11.1 Å². The van der Waals surface area contributed by atoms with Gasteiger partial charge in [-0.1, -0.05) is 12.2 Å². The highest BCUT2D eigenvalue weighted by atomic mass is 16.2. The van der Waals surface area contributed by atoms with Gasteiger partial charge < -0.3 is 11.1 Å². The number of rotatable bonds is 5. The fourth-order valence-corrected chi connectivity index (χ4v) is 1.38. The van der Waals surface area contributed by atoms with Gasteiger partial charge in [-0.25, -0.2) is 0 Å². The molecular formula is C11H18N4O. The molecule has 0 aliphatic heterocycles. The van der Waals surface area contributed by atoms with E-state index < -0.39 is 0 Å². The molecule has 3 N–H and O–H groups in total. The minimum absolute atomic E-state index is 0.0483. The van der Waals surface area contributed by atoms with E-state index in [2.05, 4.69) is 10.4 Å². The first-order valence-corrected chi connectivity index (χ1v) is 5.26. The molecule has 0 radical (unpaired) electrons. The zero-order valence-electron chi connectivity index (χ0n) is 9.73. The van der Waals surface area contributed by atoms with Crippen molar-refractivity contribution in [3.63, 3.8) is 0 Å². The van der Waals surface area contributed by atoms with Gasteiger partial charge in [0.05, 0.1) is 5.69 Å². The van der Waals surface area contributed by atoms with Crippen molar-refractivity contribution in [3.05, 3.63) is 29.6 Å². The molecule has 0 aliphatic carbocycles. The molecule has 0 aromatic carbocycles. The Labute approximate surface area is 95.3 Å². The first-order valence-electron chi connectivity index (χ1n) is 5.26. The van der Waals surface area contributed by atoms with Gasteiger partial charge in [-0.05, 0) is 19.9 Å². The predicted molar refractivity (Wildman–Crippen MR) is 62.9 cm³/mol. The summed E-state index contributed by atoms with van der Waals surface area (Å²) in [5.41, 5.74) is 7.19. The van der Waals surface area contributed by atoms with Crippen molar-refractivity contribution < 1.29 is 4.79 Å². The third kappa shape index (κ3) is 3.86. The van der Waals surface area contributed by atoms with Gasteiger partial charge in [0.1, 0.15) is 6.54 Å². The number of carbonyl (C=O) groups is 1. The van der Waals surface area contributed by atoms with Crippen LogP contribution in [0.4, 0.5) is 0 Å². The maximum absolute atomic E-state index is 11.5. The van der Waals surface area contributed by atoms with Crippen molar-refractivity contribution in [2.45, 2.75) is 20.4 Å². The molecule has 5 nitrogen and oxygen atoms in total. The molecule has 0 spiro atoms. The maximum atomic E-state index is 11.5. The zero-order chi connectivity index (χ0) is 12.0. The van der Waals surface area contributed by atoms with Crippen molar-refractivity contribution in [1.82, 2.24) is 15.1 Å². The number of hydrogen-bond acceptors (Lipinski definition) is 3. The minimum atomic E-state index is -0.0483. The second-order valence-corrected chi connectivity index (χ2v) is 3.60. The van der Waals surface area contributed by atoms with E-state index >= 15 is 0 Å². The minimum Gasteiger partial charge on any atom is -0.351 e. The van der Waals surface area contributed by atoms with E-state index in [1.165, 1.54) is 0 Å². The molecule has 0 fully saturated rings. The molecule has 0 unspecified atom stereocenters. The van der Waals surface area contributed by atoms with Gasteiger partial charge in [0.2, 0.25) is 5.91 Å². The number of nitrogens with two attached hydrogens (primary N) is 1. The van der Waals surface area contributed by atoms with E-state index in [0.717, 1.165) is 11.4 Å². The smallest absolute Gasteiger partial charge is 0.241 e. The van der Waals surface area contributed by atoms with Gasteiger partial charge in [-0.3, -0.25) is 9.48 Å². The van der Waals surface area contributed by atoms with E-state index in [0.29, 0.717) is 13.1 Å². The summed E-state index contributed by atoms with van der Waals surface area (Å²) in [6, 6.07) is 1.95. The highest BCUT2D eigenvalue weighted by Crippen LogP contribution is 2.00. The molecule has 16 heavy (non-hydrogen) atoms. The average molecular weight is 222 g/mol. The van der Waals surface area contributed by atoms with E-state index in [4.69, 9.17) is 5.73 Å². The molecule has 1 amide bonds. The van der Waals surface area contributed by atoms with Crippen LogP contribution in [-0.4, -0.2) is 28.8 Å². The highest BCUT2D eigenvalue weighted by molar-refractivity contribution is 5.75. The van der Waals surface area contributed by atoms with Crippen LogP contribution in [0.25, 0.3) is 0 Å². The van der Waals surface area contributed by atoms with E-state index in [-0.39, 0.29) is 12.5 Å². The molecule has 88 valence electrons. The lowest BCUT2D eigenvalue weighted by Gasteiger charge is -2.04. The monoisotopic (exact) mass is 222 g/mol. The van der Waals surface area contributed by atoms with Gasteiger partial charge in [0.15, 0.2) is 0 Å². The van der Waals surface area contributed by atoms with Gasteiger partial charge >= 0.3 is 0 Å². The lowest BCUT2D eigenvalue weighted by Crippen LogP contribution is -2.28. The quantitative estimate of drug-likeness (QED) is 0.696. The second-order valence-electron chi connectivity index (χ2n) is 3.60. The van der Waals surface area contributed by atoms with Gasteiger partial charge in [0, 0.05) is 18.8 Å². The predicted octanol–water partition coefficient (Wildman–Crippen LogP) is 0.131. The SMILES string of the molecule is Cc1cc(C)n(CC(=O)NC/C=C/CN)n1. The van der Waals surface area contributed by atoms with Crippen molar-refractivity contribution >= 4 is 5.91 Å². The average Bonchev–Trinajstić information content (AvgIpc) is 2.52. The summed E-state index contributed by atoms with van der Waals surface area (Å²) < 4.78 is 1.69. The number of nitrogens with one attached hydrogen (secondary N) is 1. The third-order valence-electron chi connectivity index (χ3n) is 2.12. The Morgan fingerprint density at radius 2 is 2.31 bits per heavy atom. The molecule has 1 heterocycles. The number of nitrogens with zero attached hydrogens (tertiary/aromatic N) is 2. The Hall–Kier alpha value is -1.62. The van der Waals surface area contributed by atoms with Crippen LogP contribution in [0.15, 0.2) is 18.2 Å². The summed E-state index contributed by atoms with van der Waals surface area (Å²) in [6.07, 6.45) is 3.64. The van der Waals surface area contributed by atoms with E-state index in [9.17, 15) is 4.79 Å². The molecule has 0 saturated heterocycles. The summed E-state index contributed by atoms with van der Waals surface area (Å²) in [4.78, 5) is 11.5. The van der Waals surface area contributed by atoms with E-state index in [1.54, 1.807) is 4.68 Å². The summed E-state index contributed by atoms with van der Waals surface area (Å²) >= 11 is 0. The zero-order valence-corrected chi connectivity index (χ0v) is 9.73. The second kappa shape index (κ2) is 6.07. The number of amides is 1. The fraction of sp³-hybridized carbons (Fsp3) is 0.455. The fourth-order valence-electron chi connectivity index (χ4n) is 1.38. The van der Waals surface area contributed by atoms with Gasteiger partial charge in [0.25, 0.3) is 0 Å². The van der Waals surface area contributed by atoms with Gasteiger partial charge in [-0.15, -0.1) is 0 Å². The molecule has 0 saturated carbocycles. The Kier molecular flexibility index (Phi) is 4.72. The molecule has 0 bridgehead atoms. The van der Waals surface area contributed by atoms with Crippen LogP contribution in [0.2, 0.25) is 0 Å². The Morgan fingerprint density at radius 3 is 2.88 bits per heavy atom. The maximum Gasteiger partial charge on any atom is 0.241 e. The molecule has 0 aliphatic rings. The topological polar surface area (TPSA) is 72.9 Å². The third-order valence-corrected chi connectivity index (χ3v) is 2.12. The van der Waals surface area contributed by atoms with Crippen LogP contribution in [0.1, 0.15) is 11.4 Å². The van der Waals surface area contributed by atoms with Crippen molar-refractivity contribution in [2.24, 2.45) is 5.73 Å². The first-order chi connectivity index (χ1) is 7.63. The number of aryl methyl sites for hydroxylation is 2. The summed E-state index contributed by atoms with van der Waals surface area (Å²) in [5, 5.41) is 6.97. The standard InChI is InChI=1S/C11H18N4O/c1-9-7-10(2)15(14-9)8-11(16)13-6-4-3-5-12/h3-4,7H,5-6,8,12H2,1-2H3,(H,13,16)/b4-3+. The first kappa shape index (κ1) is 12.4. The highest BCUT2D eigenvalue weighted by Gasteiger charge is 2.05. The van der Waals surface area contributed by atoms with Crippen LogP contribution in [0.5, 0.6) is 0 Å². The van der Waals surface area contributed by atoms with Crippen LogP contribution >= 0.6 is 0 Å². The molecule has 1 aromatic heterocycles. The number of hydrogen-bond donors (Lipinski definition) is 2. The number of carbonyl (C=O) groups excluding carboxylic acids is 1. The van der Waals surface area contributed by atoms with Crippen molar-refractivity contribution in [1.29, 1.82) is 0 Å². The lowest BCUT2D eigenvalue weighted by molar-refractivity contribution is -0.121. The Morgan fingerprint density at radius 1 is 1.56 bits per heavy atom. The summed E-state index contributed by atoms with van der Waals surface area (Å²) in [7, 11) is 0. The van der Waals surface area contributed by atoms with Crippen LogP contribution in [0.3, 0.4) is 0 Å². The normalized spacial score (nSPS) is 10.9. The van der Waals surface area contributed by atoms with Crippen molar-refractivity contribution in [3.8, 4) is 0 Å². The summed E-state index contributed by atoms with van der Waals surface area (Å²) in [6.45, 7) is 5.10. The molecule has 1 rings (SSSR count). The van der Waals surface area contributed by atoms with Crippen LogP contribution in [0, 0.1) is 13.8 Å². The molecule has 5 heteroatoms. The number of aromatic nitrogens is 2. The lowest BCUT2D eigenvalue weighted by atomic mass is 10.4. The summed E-state index contributed by atoms with van der Waals surface area (Å²) in [5.74, 6) is -0.0483. The molecular weight excluding hydrogens is 204 g/mol. The Balaban J connectivity index is 2.40.